The van der Waals surface area contributed by atoms with Gasteiger partial charge >= 0.3 is 0 Å². The molecule has 3 heteroatoms. The smallest absolute Gasteiger partial charge is 0.194 e. The predicted octanol–water partition coefficient (Wildman–Crippen LogP) is 3.46. The highest BCUT2D eigenvalue weighted by atomic mass is 19.1. The Bertz CT molecular complexity index is 602. The summed E-state index contributed by atoms with van der Waals surface area (Å²) in [5, 5.41) is 0. The van der Waals surface area contributed by atoms with Gasteiger partial charge < -0.3 is 4.74 Å². The lowest BCUT2D eigenvalue weighted by Gasteiger charge is -1.99. The van der Waals surface area contributed by atoms with Crippen molar-refractivity contribution in [2.45, 2.75) is 19.1 Å². The normalized spacial score (nSPS) is 21.2. The standard InChI is InChI=1S/C16H13FO2/c1-10-2-4-11(5-3-10)14(18)16-15(19-16)12-6-8-13(17)9-7-12/h2-9,15-16H,1H3/t15-,16-/m0/s1. The van der Waals surface area contributed by atoms with E-state index in [-0.39, 0.29) is 17.7 Å². The van der Waals surface area contributed by atoms with Crippen LogP contribution in [-0.2, 0) is 4.74 Å². The molecule has 0 spiro atoms. The third-order valence-electron chi connectivity index (χ3n) is 3.28. The molecule has 2 atom stereocenters. The van der Waals surface area contributed by atoms with E-state index in [4.69, 9.17) is 4.74 Å². The highest BCUT2D eigenvalue weighted by Crippen LogP contribution is 2.40. The van der Waals surface area contributed by atoms with Crippen molar-refractivity contribution in [3.63, 3.8) is 0 Å². The molecule has 0 bridgehead atoms. The summed E-state index contributed by atoms with van der Waals surface area (Å²) in [5.74, 6) is -0.305. The van der Waals surface area contributed by atoms with Crippen LogP contribution in [0.15, 0.2) is 48.5 Å². The molecule has 0 saturated carbocycles. The Labute approximate surface area is 110 Å². The van der Waals surface area contributed by atoms with Crippen LogP contribution in [0.5, 0.6) is 0 Å². The Hall–Kier alpha value is -2.00. The van der Waals surface area contributed by atoms with E-state index < -0.39 is 6.10 Å². The first-order valence-electron chi connectivity index (χ1n) is 6.17. The number of aryl methyl sites for hydroxylation is 1. The number of carbonyl (C=O) groups excluding carboxylic acids is 1. The van der Waals surface area contributed by atoms with Crippen LogP contribution in [0, 0.1) is 12.7 Å². The van der Waals surface area contributed by atoms with Gasteiger partial charge in [-0.2, -0.15) is 0 Å². The van der Waals surface area contributed by atoms with Gasteiger partial charge in [-0.25, -0.2) is 4.39 Å². The molecule has 0 unspecified atom stereocenters. The van der Waals surface area contributed by atoms with Gasteiger partial charge in [-0.15, -0.1) is 0 Å². The lowest BCUT2D eigenvalue weighted by molar-refractivity contribution is 0.0953. The van der Waals surface area contributed by atoms with Crippen molar-refractivity contribution in [3.8, 4) is 0 Å². The van der Waals surface area contributed by atoms with Crippen LogP contribution < -0.4 is 0 Å². The molecular weight excluding hydrogens is 243 g/mol. The second-order valence-corrected chi connectivity index (χ2v) is 4.76. The number of hydrogen-bond donors (Lipinski definition) is 0. The lowest BCUT2D eigenvalue weighted by atomic mass is 10.0. The quantitative estimate of drug-likeness (QED) is 0.621. The number of ether oxygens (including phenoxy) is 1. The summed E-state index contributed by atoms with van der Waals surface area (Å²) >= 11 is 0. The van der Waals surface area contributed by atoms with Crippen LogP contribution >= 0.6 is 0 Å². The maximum atomic E-state index is 12.8. The van der Waals surface area contributed by atoms with Gasteiger partial charge in [-0.1, -0.05) is 42.0 Å². The third kappa shape index (κ3) is 2.42. The minimum atomic E-state index is -0.437. The van der Waals surface area contributed by atoms with Gasteiger partial charge in [0.25, 0.3) is 0 Å². The molecule has 19 heavy (non-hydrogen) atoms. The Balaban J connectivity index is 1.74. The van der Waals surface area contributed by atoms with Crippen LogP contribution in [0.4, 0.5) is 4.39 Å². The van der Waals surface area contributed by atoms with Gasteiger partial charge in [-0.05, 0) is 24.6 Å². The van der Waals surface area contributed by atoms with Crippen molar-refractivity contribution in [1.29, 1.82) is 0 Å². The number of ketones is 1. The fourth-order valence-corrected chi connectivity index (χ4v) is 2.10. The van der Waals surface area contributed by atoms with Crippen molar-refractivity contribution >= 4 is 5.78 Å². The molecule has 1 aliphatic rings. The summed E-state index contributed by atoms with van der Waals surface area (Å²) in [6.07, 6.45) is -0.678. The molecule has 0 N–H and O–H groups in total. The molecule has 3 rings (SSSR count). The first kappa shape index (κ1) is 12.1. The van der Waals surface area contributed by atoms with E-state index in [1.165, 1.54) is 12.1 Å². The second kappa shape index (κ2) is 4.59. The van der Waals surface area contributed by atoms with Gasteiger partial charge in [0.1, 0.15) is 11.9 Å². The van der Waals surface area contributed by atoms with Crippen LogP contribution in [0.1, 0.15) is 27.6 Å². The molecule has 0 aliphatic carbocycles. The molecule has 1 aliphatic heterocycles. The van der Waals surface area contributed by atoms with Gasteiger partial charge in [0.15, 0.2) is 11.9 Å². The number of benzene rings is 2. The first-order valence-corrected chi connectivity index (χ1v) is 6.17. The maximum Gasteiger partial charge on any atom is 0.194 e. The van der Waals surface area contributed by atoms with Crippen molar-refractivity contribution < 1.29 is 13.9 Å². The zero-order valence-corrected chi connectivity index (χ0v) is 10.5. The Kier molecular flexibility index (Phi) is 2.91. The van der Waals surface area contributed by atoms with Crippen molar-refractivity contribution in [2.24, 2.45) is 0 Å². The summed E-state index contributed by atoms with van der Waals surface area (Å²) in [6.45, 7) is 1.98. The summed E-state index contributed by atoms with van der Waals surface area (Å²) in [5.41, 5.74) is 2.61. The van der Waals surface area contributed by atoms with Gasteiger partial charge in [0, 0.05) is 5.56 Å². The molecular formula is C16H13FO2. The van der Waals surface area contributed by atoms with Gasteiger partial charge in [0.2, 0.25) is 0 Å². The Morgan fingerprint density at radius 2 is 1.68 bits per heavy atom. The van der Waals surface area contributed by atoms with E-state index in [0.717, 1.165) is 11.1 Å². The van der Waals surface area contributed by atoms with E-state index in [2.05, 4.69) is 0 Å². The minimum Gasteiger partial charge on any atom is -0.356 e. The zero-order valence-electron chi connectivity index (χ0n) is 10.5. The molecule has 1 saturated heterocycles. The monoisotopic (exact) mass is 256 g/mol. The van der Waals surface area contributed by atoms with Crippen molar-refractivity contribution in [1.82, 2.24) is 0 Å². The van der Waals surface area contributed by atoms with E-state index in [9.17, 15) is 9.18 Å². The minimum absolute atomic E-state index is 0.0191. The molecule has 96 valence electrons. The highest BCUT2D eigenvalue weighted by molar-refractivity contribution is 6.01. The Morgan fingerprint density at radius 1 is 1.05 bits per heavy atom. The average molecular weight is 256 g/mol. The van der Waals surface area contributed by atoms with Crippen molar-refractivity contribution in [3.05, 3.63) is 71.0 Å². The third-order valence-corrected chi connectivity index (χ3v) is 3.28. The van der Waals surface area contributed by atoms with Crippen LogP contribution in [0.3, 0.4) is 0 Å². The van der Waals surface area contributed by atoms with Crippen LogP contribution in [-0.4, -0.2) is 11.9 Å². The van der Waals surface area contributed by atoms with E-state index in [0.29, 0.717) is 5.56 Å². The topological polar surface area (TPSA) is 29.6 Å². The fourth-order valence-electron chi connectivity index (χ4n) is 2.10. The molecule has 1 heterocycles. The molecule has 2 aromatic carbocycles. The van der Waals surface area contributed by atoms with Gasteiger partial charge in [-0.3, -0.25) is 4.79 Å². The fraction of sp³-hybridized carbons (Fsp3) is 0.188. The highest BCUT2D eigenvalue weighted by Gasteiger charge is 2.46. The maximum absolute atomic E-state index is 12.8. The molecule has 0 radical (unpaired) electrons. The SMILES string of the molecule is Cc1ccc(C(=O)[C@@H]2O[C@H]2c2ccc(F)cc2)cc1. The molecule has 2 nitrogen and oxygen atoms in total. The molecule has 1 fully saturated rings. The summed E-state index contributed by atoms with van der Waals surface area (Å²) < 4.78 is 18.2. The van der Waals surface area contributed by atoms with E-state index in [1.54, 1.807) is 24.3 Å². The molecule has 0 aromatic heterocycles. The predicted molar refractivity (Wildman–Crippen MR) is 69.5 cm³/mol. The summed E-state index contributed by atoms with van der Waals surface area (Å²) in [7, 11) is 0. The number of halogens is 1. The van der Waals surface area contributed by atoms with E-state index in [1.807, 2.05) is 19.1 Å². The largest absolute Gasteiger partial charge is 0.356 e. The number of carbonyl (C=O) groups is 1. The van der Waals surface area contributed by atoms with E-state index >= 15 is 0 Å². The van der Waals surface area contributed by atoms with Gasteiger partial charge in [0.05, 0.1) is 0 Å². The zero-order chi connectivity index (χ0) is 13.4. The molecule has 2 aromatic rings. The second-order valence-electron chi connectivity index (χ2n) is 4.76. The summed E-state index contributed by atoms with van der Waals surface area (Å²) in [4.78, 5) is 12.2. The number of epoxide rings is 1. The van der Waals surface area contributed by atoms with Crippen LogP contribution in [0.25, 0.3) is 0 Å². The Morgan fingerprint density at radius 3 is 2.32 bits per heavy atom. The number of rotatable bonds is 3. The number of Topliss-reactive ketones (excluding diaryl/α,β-unsaturated/α-hetero) is 1. The molecule has 0 amide bonds. The first-order chi connectivity index (χ1) is 9.15. The van der Waals surface area contributed by atoms with Crippen molar-refractivity contribution in [2.75, 3.05) is 0 Å². The van der Waals surface area contributed by atoms with Crippen LogP contribution in [0.2, 0.25) is 0 Å². The lowest BCUT2D eigenvalue weighted by Crippen LogP contribution is -2.08. The average Bonchev–Trinajstić information content (AvgIpc) is 3.20. The number of hydrogen-bond acceptors (Lipinski definition) is 2. The summed E-state index contributed by atoms with van der Waals surface area (Å²) in [6, 6.07) is 13.5.